The van der Waals surface area contributed by atoms with Crippen LogP contribution in [0.3, 0.4) is 0 Å². The first-order valence-corrected chi connectivity index (χ1v) is 10.4. The molecule has 0 saturated heterocycles. The van der Waals surface area contributed by atoms with E-state index in [1.165, 1.54) is 11.6 Å². The van der Waals surface area contributed by atoms with Gasteiger partial charge in [0.05, 0.1) is 11.4 Å². The molecule has 0 aliphatic rings. The van der Waals surface area contributed by atoms with Crippen molar-refractivity contribution in [3.8, 4) is 11.4 Å². The highest BCUT2D eigenvalue weighted by atomic mass is 16.6. The molecule has 0 spiro atoms. The summed E-state index contributed by atoms with van der Waals surface area (Å²) in [4.78, 5) is 37.6. The van der Waals surface area contributed by atoms with Crippen molar-refractivity contribution in [3.63, 3.8) is 0 Å². The second kappa shape index (κ2) is 10.00. The number of carbonyl (C=O) groups excluding carboxylic acids is 2. The highest BCUT2D eigenvalue weighted by Gasteiger charge is 2.23. The first-order chi connectivity index (χ1) is 15.3. The topological polar surface area (TPSA) is 91.6 Å². The van der Waals surface area contributed by atoms with Gasteiger partial charge >= 0.3 is 5.97 Å². The van der Waals surface area contributed by atoms with E-state index in [0.717, 1.165) is 12.0 Å². The van der Waals surface area contributed by atoms with Gasteiger partial charge in [-0.15, -0.1) is 0 Å². The molecule has 0 aliphatic heterocycles. The Morgan fingerprint density at radius 3 is 2.34 bits per heavy atom. The number of nitrogens with one attached hydrogen (secondary N) is 1. The number of benzene rings is 2. The van der Waals surface area contributed by atoms with Crippen molar-refractivity contribution in [2.24, 2.45) is 7.05 Å². The van der Waals surface area contributed by atoms with Crippen molar-refractivity contribution in [2.45, 2.75) is 33.3 Å². The Bertz CT molecular complexity index is 1150. The van der Waals surface area contributed by atoms with E-state index in [1.807, 2.05) is 37.3 Å². The molecule has 0 fully saturated rings. The Labute approximate surface area is 186 Å². The fourth-order valence-electron chi connectivity index (χ4n) is 3.19. The summed E-state index contributed by atoms with van der Waals surface area (Å²) < 4.78 is 13.7. The van der Waals surface area contributed by atoms with Crippen molar-refractivity contribution in [1.29, 1.82) is 0 Å². The van der Waals surface area contributed by atoms with Crippen molar-refractivity contribution in [1.82, 2.24) is 9.36 Å². The number of aromatic nitrogens is 2. The molecule has 1 heterocycles. The number of para-hydroxylation sites is 1. The lowest BCUT2D eigenvalue weighted by Gasteiger charge is -2.13. The molecule has 32 heavy (non-hydrogen) atoms. The normalized spacial score (nSPS) is 11.6. The van der Waals surface area contributed by atoms with E-state index in [4.69, 9.17) is 9.47 Å². The summed E-state index contributed by atoms with van der Waals surface area (Å²) in [5.74, 6) is -0.743. The van der Waals surface area contributed by atoms with Crippen LogP contribution in [0.4, 0.5) is 5.69 Å². The zero-order valence-corrected chi connectivity index (χ0v) is 18.6. The van der Waals surface area contributed by atoms with Gasteiger partial charge < -0.3 is 14.8 Å². The lowest BCUT2D eigenvalue weighted by Crippen LogP contribution is -2.33. The largest absolute Gasteiger partial charge is 0.482 e. The summed E-state index contributed by atoms with van der Waals surface area (Å²) in [5.41, 5.74) is 2.17. The van der Waals surface area contributed by atoms with Gasteiger partial charge in [-0.3, -0.25) is 14.3 Å². The van der Waals surface area contributed by atoms with Gasteiger partial charge in [-0.1, -0.05) is 37.3 Å². The molecule has 3 aromatic rings. The van der Waals surface area contributed by atoms with Gasteiger partial charge in [0, 0.05) is 7.05 Å². The Morgan fingerprint density at radius 1 is 1.06 bits per heavy atom. The maximum atomic E-state index is 12.9. The summed E-state index contributed by atoms with van der Waals surface area (Å²) >= 11 is 0. The van der Waals surface area contributed by atoms with Crippen LogP contribution in [-0.2, 0) is 27.8 Å². The van der Waals surface area contributed by atoms with Crippen LogP contribution in [0.15, 0.2) is 59.4 Å². The minimum absolute atomic E-state index is 0.136. The number of anilines is 1. The van der Waals surface area contributed by atoms with Crippen LogP contribution in [0.25, 0.3) is 5.69 Å². The van der Waals surface area contributed by atoms with Crippen LogP contribution in [-0.4, -0.2) is 34.0 Å². The molecular formula is C24H27N3O5. The Kier molecular flexibility index (Phi) is 7.14. The van der Waals surface area contributed by atoms with E-state index in [0.29, 0.717) is 17.1 Å². The van der Waals surface area contributed by atoms with E-state index in [-0.39, 0.29) is 17.9 Å². The zero-order valence-electron chi connectivity index (χ0n) is 18.6. The number of ether oxygens (including phenoxy) is 2. The lowest BCUT2D eigenvalue weighted by atomic mass is 10.2. The minimum Gasteiger partial charge on any atom is -0.482 e. The minimum atomic E-state index is -1.10. The predicted octanol–water partition coefficient (Wildman–Crippen LogP) is 3.00. The van der Waals surface area contributed by atoms with Gasteiger partial charge in [-0.25, -0.2) is 9.48 Å². The quantitative estimate of drug-likeness (QED) is 0.547. The van der Waals surface area contributed by atoms with Crippen molar-refractivity contribution in [3.05, 3.63) is 76.2 Å². The monoisotopic (exact) mass is 437 g/mol. The van der Waals surface area contributed by atoms with Gasteiger partial charge in [0.1, 0.15) is 11.4 Å². The van der Waals surface area contributed by atoms with Gasteiger partial charge in [0.25, 0.3) is 11.5 Å². The maximum Gasteiger partial charge on any atom is 0.344 e. The average Bonchev–Trinajstić information content (AvgIpc) is 3.01. The number of hydrogen-bond donors (Lipinski definition) is 1. The molecule has 8 nitrogen and oxygen atoms in total. The van der Waals surface area contributed by atoms with E-state index in [1.54, 1.807) is 42.9 Å². The van der Waals surface area contributed by atoms with Crippen LogP contribution in [0.1, 0.15) is 25.1 Å². The molecule has 1 N–H and O–H groups in total. The third-order valence-corrected chi connectivity index (χ3v) is 5.17. The fourth-order valence-corrected chi connectivity index (χ4v) is 3.19. The van der Waals surface area contributed by atoms with Crippen molar-refractivity contribution >= 4 is 17.6 Å². The molecule has 0 aliphatic carbocycles. The number of hydrogen-bond acceptors (Lipinski definition) is 5. The number of nitrogens with zero attached hydrogens (tertiary/aromatic N) is 2. The molecule has 3 rings (SSSR count). The molecule has 1 atom stereocenters. The molecular weight excluding hydrogens is 410 g/mol. The van der Waals surface area contributed by atoms with Crippen LogP contribution in [0, 0.1) is 6.92 Å². The molecule has 1 amide bonds. The summed E-state index contributed by atoms with van der Waals surface area (Å²) in [6.45, 7) is 4.89. The van der Waals surface area contributed by atoms with Crippen molar-refractivity contribution in [2.75, 3.05) is 11.9 Å². The maximum absolute atomic E-state index is 12.9. The summed E-state index contributed by atoms with van der Waals surface area (Å²) in [5, 5.41) is 2.59. The van der Waals surface area contributed by atoms with Gasteiger partial charge in [-0.2, -0.15) is 0 Å². The van der Waals surface area contributed by atoms with E-state index >= 15 is 0 Å². The summed E-state index contributed by atoms with van der Waals surface area (Å²) in [7, 11) is 1.73. The SMILES string of the molecule is CCc1ccc(OCC(=O)OC(C)C(=O)Nc2c(C)n(C)n(-c3ccccc3)c2=O)cc1. The van der Waals surface area contributed by atoms with Crippen molar-refractivity contribution < 1.29 is 19.1 Å². The second-order valence-electron chi connectivity index (χ2n) is 7.34. The first kappa shape index (κ1) is 22.9. The third kappa shape index (κ3) is 5.08. The van der Waals surface area contributed by atoms with Gasteiger partial charge in [0.15, 0.2) is 12.7 Å². The number of esters is 1. The van der Waals surface area contributed by atoms with E-state index in [2.05, 4.69) is 5.32 Å². The second-order valence-corrected chi connectivity index (χ2v) is 7.34. The van der Waals surface area contributed by atoms with Crippen LogP contribution in [0.5, 0.6) is 5.75 Å². The molecule has 1 unspecified atom stereocenters. The predicted molar refractivity (Wildman–Crippen MR) is 121 cm³/mol. The van der Waals surface area contributed by atoms with Gasteiger partial charge in [0.2, 0.25) is 0 Å². The number of aryl methyl sites for hydroxylation is 1. The molecule has 0 bridgehead atoms. The van der Waals surface area contributed by atoms with Crippen LogP contribution >= 0.6 is 0 Å². The molecule has 1 aromatic heterocycles. The number of amides is 1. The molecule has 0 saturated carbocycles. The zero-order chi connectivity index (χ0) is 23.3. The number of carbonyl (C=O) groups is 2. The molecule has 0 radical (unpaired) electrons. The van der Waals surface area contributed by atoms with Crippen LogP contribution < -0.4 is 15.6 Å². The average molecular weight is 437 g/mol. The first-order valence-electron chi connectivity index (χ1n) is 10.4. The Balaban J connectivity index is 1.62. The fraction of sp³-hybridized carbons (Fsp3) is 0.292. The summed E-state index contributed by atoms with van der Waals surface area (Å²) in [6, 6.07) is 16.5. The third-order valence-electron chi connectivity index (χ3n) is 5.17. The Morgan fingerprint density at radius 2 is 1.72 bits per heavy atom. The molecule has 2 aromatic carbocycles. The lowest BCUT2D eigenvalue weighted by molar-refractivity contribution is -0.155. The molecule has 168 valence electrons. The smallest absolute Gasteiger partial charge is 0.344 e. The highest BCUT2D eigenvalue weighted by Crippen LogP contribution is 2.15. The molecule has 8 heteroatoms. The standard InChI is InChI=1S/C24H27N3O5/c1-5-18-11-13-20(14-12-18)31-15-21(28)32-17(3)23(29)25-22-16(2)26(4)27(24(22)30)19-9-7-6-8-10-19/h6-14,17H,5,15H2,1-4H3,(H,25,29). The van der Waals surface area contributed by atoms with E-state index in [9.17, 15) is 14.4 Å². The van der Waals surface area contributed by atoms with Gasteiger partial charge in [-0.05, 0) is 50.1 Å². The highest BCUT2D eigenvalue weighted by molar-refractivity contribution is 5.95. The van der Waals surface area contributed by atoms with E-state index < -0.39 is 18.0 Å². The Hall–Kier alpha value is -3.81. The number of rotatable bonds is 8. The summed E-state index contributed by atoms with van der Waals surface area (Å²) in [6.07, 6.45) is -0.190. The van der Waals surface area contributed by atoms with Crippen LogP contribution in [0.2, 0.25) is 0 Å².